The predicted molar refractivity (Wildman–Crippen MR) is 83.6 cm³/mol. The molecule has 6 heteroatoms. The molecule has 0 spiro atoms. The summed E-state index contributed by atoms with van der Waals surface area (Å²) >= 11 is 0. The lowest BCUT2D eigenvalue weighted by molar-refractivity contribution is 0.0927. The number of aryl methyl sites for hydroxylation is 1. The number of hydrogen-bond acceptors (Lipinski definition) is 3. The first-order valence-corrected chi connectivity index (χ1v) is 7.79. The summed E-state index contributed by atoms with van der Waals surface area (Å²) in [6.45, 7) is 1.27. The molecule has 1 aromatic heterocycles. The largest absolute Gasteiger partial charge is 0.383 e. The van der Waals surface area contributed by atoms with E-state index >= 15 is 0 Å². The van der Waals surface area contributed by atoms with Crippen LogP contribution in [0.4, 0.5) is 4.39 Å². The molecule has 1 atom stereocenters. The first-order chi connectivity index (χ1) is 11.2. The molecule has 3 rings (SSSR count). The molecule has 0 radical (unpaired) electrons. The monoisotopic (exact) mass is 317 g/mol. The first kappa shape index (κ1) is 15.7. The van der Waals surface area contributed by atoms with E-state index in [9.17, 15) is 9.18 Å². The molecule has 2 aromatic rings. The number of hydrogen-bond donors (Lipinski definition) is 1. The second-order valence-corrected chi connectivity index (χ2v) is 5.69. The van der Waals surface area contributed by atoms with Crippen molar-refractivity contribution in [1.29, 1.82) is 0 Å². The van der Waals surface area contributed by atoms with Gasteiger partial charge in [-0.25, -0.2) is 4.39 Å². The van der Waals surface area contributed by atoms with Gasteiger partial charge in [-0.3, -0.25) is 9.48 Å². The lowest BCUT2D eigenvalue weighted by atomic mass is 9.93. The Balaban J connectivity index is 1.76. The number of methoxy groups -OCH3 is 1. The number of benzene rings is 1. The number of amides is 1. The van der Waals surface area contributed by atoms with E-state index in [1.807, 2.05) is 10.9 Å². The maximum Gasteiger partial charge on any atom is 0.254 e. The quantitative estimate of drug-likeness (QED) is 0.922. The zero-order valence-corrected chi connectivity index (χ0v) is 13.1. The lowest BCUT2D eigenvalue weighted by Crippen LogP contribution is -2.31. The van der Waals surface area contributed by atoms with E-state index in [2.05, 4.69) is 10.4 Å². The third kappa shape index (κ3) is 3.42. The van der Waals surface area contributed by atoms with Gasteiger partial charge in [0.2, 0.25) is 0 Å². The fourth-order valence-corrected chi connectivity index (χ4v) is 2.92. The molecule has 0 fully saturated rings. The van der Waals surface area contributed by atoms with E-state index in [0.717, 1.165) is 30.5 Å². The van der Waals surface area contributed by atoms with Gasteiger partial charge in [0.15, 0.2) is 0 Å². The Morgan fingerprint density at radius 3 is 3.09 bits per heavy atom. The van der Waals surface area contributed by atoms with E-state index in [4.69, 9.17) is 4.74 Å². The highest BCUT2D eigenvalue weighted by molar-refractivity contribution is 5.94. The standard InChI is InChI=1S/C17H20FN3O2/c1-23-10-9-21-11-12-5-4-8-15(16(12)20-21)19-17(22)13-6-2-3-7-14(13)18/h2-3,6-7,11,15H,4-5,8-10H2,1H3,(H,19,22)/t15-/m0/s1. The second-order valence-electron chi connectivity index (χ2n) is 5.69. The van der Waals surface area contributed by atoms with Crippen molar-refractivity contribution in [3.63, 3.8) is 0 Å². The number of fused-ring (bicyclic) bond motifs is 1. The van der Waals surface area contributed by atoms with Gasteiger partial charge >= 0.3 is 0 Å². The predicted octanol–water partition coefficient (Wildman–Crippen LogP) is 2.48. The van der Waals surface area contributed by atoms with Gasteiger partial charge in [-0.05, 0) is 37.0 Å². The van der Waals surface area contributed by atoms with Gasteiger partial charge in [0.05, 0.1) is 30.5 Å². The molecule has 0 bridgehead atoms. The number of carbonyl (C=O) groups excluding carboxylic acids is 1. The Morgan fingerprint density at radius 1 is 1.48 bits per heavy atom. The molecule has 0 saturated heterocycles. The number of carbonyl (C=O) groups is 1. The van der Waals surface area contributed by atoms with Crippen molar-refractivity contribution < 1.29 is 13.9 Å². The average Bonchev–Trinajstić information content (AvgIpc) is 2.97. The number of halogens is 1. The Bertz CT molecular complexity index is 699. The molecule has 1 aliphatic rings. The molecule has 0 unspecified atom stereocenters. The highest BCUT2D eigenvalue weighted by Crippen LogP contribution is 2.28. The van der Waals surface area contributed by atoms with Crippen LogP contribution in [-0.2, 0) is 17.7 Å². The van der Waals surface area contributed by atoms with Crippen LogP contribution in [0.3, 0.4) is 0 Å². The third-order valence-corrected chi connectivity index (χ3v) is 4.09. The van der Waals surface area contributed by atoms with Gasteiger partial charge in [0, 0.05) is 13.3 Å². The SMILES string of the molecule is COCCn1cc2c(n1)[C@@H](NC(=O)c1ccccc1F)CCC2. The van der Waals surface area contributed by atoms with Gasteiger partial charge in [-0.15, -0.1) is 0 Å². The van der Waals surface area contributed by atoms with Crippen molar-refractivity contribution in [3.05, 3.63) is 53.1 Å². The van der Waals surface area contributed by atoms with Crippen LogP contribution in [0.5, 0.6) is 0 Å². The number of nitrogens with one attached hydrogen (secondary N) is 1. The number of aromatic nitrogens is 2. The van der Waals surface area contributed by atoms with Gasteiger partial charge in [0.25, 0.3) is 5.91 Å². The molecule has 1 aromatic carbocycles. The summed E-state index contributed by atoms with van der Waals surface area (Å²) in [5, 5.41) is 7.48. The third-order valence-electron chi connectivity index (χ3n) is 4.09. The summed E-state index contributed by atoms with van der Waals surface area (Å²) in [6, 6.07) is 5.84. The highest BCUT2D eigenvalue weighted by atomic mass is 19.1. The van der Waals surface area contributed by atoms with E-state index in [-0.39, 0.29) is 11.6 Å². The summed E-state index contributed by atoms with van der Waals surface area (Å²) in [7, 11) is 1.65. The van der Waals surface area contributed by atoms with E-state index in [1.165, 1.54) is 12.1 Å². The lowest BCUT2D eigenvalue weighted by Gasteiger charge is -2.22. The summed E-state index contributed by atoms with van der Waals surface area (Å²) < 4.78 is 20.7. The molecule has 1 aliphatic carbocycles. The molecule has 5 nitrogen and oxygen atoms in total. The van der Waals surface area contributed by atoms with Crippen LogP contribution in [0.25, 0.3) is 0 Å². The van der Waals surface area contributed by atoms with Crippen molar-refractivity contribution in [2.45, 2.75) is 31.8 Å². The zero-order chi connectivity index (χ0) is 16.2. The summed E-state index contributed by atoms with van der Waals surface area (Å²) in [5.74, 6) is -0.904. The molecule has 122 valence electrons. The van der Waals surface area contributed by atoms with E-state index < -0.39 is 11.7 Å². The topological polar surface area (TPSA) is 56.1 Å². The summed E-state index contributed by atoms with van der Waals surface area (Å²) in [5.41, 5.74) is 2.10. The maximum atomic E-state index is 13.7. The van der Waals surface area contributed by atoms with Crippen LogP contribution in [0.2, 0.25) is 0 Å². The van der Waals surface area contributed by atoms with Crippen LogP contribution >= 0.6 is 0 Å². The molecular formula is C17H20FN3O2. The minimum atomic E-state index is -0.508. The van der Waals surface area contributed by atoms with E-state index in [0.29, 0.717) is 13.2 Å². The van der Waals surface area contributed by atoms with Crippen molar-refractivity contribution >= 4 is 5.91 Å². The Hall–Kier alpha value is -2.21. The maximum absolute atomic E-state index is 13.7. The first-order valence-electron chi connectivity index (χ1n) is 7.79. The molecule has 0 aliphatic heterocycles. The average molecular weight is 317 g/mol. The Labute approximate surface area is 134 Å². The number of rotatable bonds is 5. The minimum absolute atomic E-state index is 0.0680. The molecule has 1 amide bonds. The Kier molecular flexibility index (Phi) is 4.71. The zero-order valence-electron chi connectivity index (χ0n) is 13.1. The van der Waals surface area contributed by atoms with Crippen LogP contribution < -0.4 is 5.32 Å². The van der Waals surface area contributed by atoms with E-state index in [1.54, 1.807) is 19.2 Å². The van der Waals surface area contributed by atoms with Gasteiger partial charge in [-0.2, -0.15) is 5.10 Å². The fraction of sp³-hybridized carbons (Fsp3) is 0.412. The number of ether oxygens (including phenoxy) is 1. The van der Waals surface area contributed by atoms with Gasteiger partial charge in [-0.1, -0.05) is 12.1 Å². The van der Waals surface area contributed by atoms with Crippen molar-refractivity contribution in [3.8, 4) is 0 Å². The normalized spacial score (nSPS) is 16.9. The van der Waals surface area contributed by atoms with Crippen LogP contribution in [0, 0.1) is 5.82 Å². The molecule has 0 saturated carbocycles. The van der Waals surface area contributed by atoms with Crippen molar-refractivity contribution in [1.82, 2.24) is 15.1 Å². The second kappa shape index (κ2) is 6.91. The summed E-state index contributed by atoms with van der Waals surface area (Å²) in [6.07, 6.45) is 4.75. The fourth-order valence-electron chi connectivity index (χ4n) is 2.92. The molecule has 1 heterocycles. The van der Waals surface area contributed by atoms with Crippen LogP contribution in [-0.4, -0.2) is 29.4 Å². The molecular weight excluding hydrogens is 297 g/mol. The van der Waals surface area contributed by atoms with Crippen molar-refractivity contribution in [2.75, 3.05) is 13.7 Å². The van der Waals surface area contributed by atoms with Crippen LogP contribution in [0.15, 0.2) is 30.5 Å². The minimum Gasteiger partial charge on any atom is -0.383 e. The number of nitrogens with zero attached hydrogens (tertiary/aromatic N) is 2. The smallest absolute Gasteiger partial charge is 0.254 e. The molecule has 1 N–H and O–H groups in total. The van der Waals surface area contributed by atoms with Crippen LogP contribution in [0.1, 0.15) is 40.5 Å². The van der Waals surface area contributed by atoms with Crippen molar-refractivity contribution in [2.24, 2.45) is 0 Å². The highest BCUT2D eigenvalue weighted by Gasteiger charge is 2.26. The Morgan fingerprint density at radius 2 is 2.30 bits per heavy atom. The van der Waals surface area contributed by atoms with Gasteiger partial charge in [0.1, 0.15) is 5.82 Å². The molecule has 23 heavy (non-hydrogen) atoms. The summed E-state index contributed by atoms with van der Waals surface area (Å²) in [4.78, 5) is 12.3. The van der Waals surface area contributed by atoms with Gasteiger partial charge < -0.3 is 10.1 Å².